The Morgan fingerprint density at radius 3 is 2.71 bits per heavy atom. The summed E-state index contributed by atoms with van der Waals surface area (Å²) in [5.41, 5.74) is 1.09. The van der Waals surface area contributed by atoms with Crippen molar-refractivity contribution >= 4 is 22.0 Å². The second-order valence-corrected chi connectivity index (χ2v) is 4.25. The van der Waals surface area contributed by atoms with Gasteiger partial charge >= 0.3 is 6.09 Å². The molecule has 0 atom stereocenters. The Balaban J connectivity index is 2.59. The van der Waals surface area contributed by atoms with Gasteiger partial charge in [-0.05, 0) is 5.56 Å². The summed E-state index contributed by atoms with van der Waals surface area (Å²) in [4.78, 5) is 13.4. The lowest BCUT2D eigenvalue weighted by Gasteiger charge is -2.20. The summed E-state index contributed by atoms with van der Waals surface area (Å²) < 4.78 is 5.03. The van der Waals surface area contributed by atoms with Crippen molar-refractivity contribution in [1.82, 2.24) is 4.90 Å². The maximum absolute atomic E-state index is 11.7. The highest BCUT2D eigenvalue weighted by molar-refractivity contribution is 9.09. The van der Waals surface area contributed by atoms with E-state index in [0.717, 1.165) is 10.9 Å². The first-order valence-electron chi connectivity index (χ1n) is 5.40. The van der Waals surface area contributed by atoms with E-state index in [4.69, 9.17) is 4.74 Å². The van der Waals surface area contributed by atoms with Gasteiger partial charge < -0.3 is 9.64 Å². The van der Waals surface area contributed by atoms with Gasteiger partial charge in [-0.25, -0.2) is 4.79 Å². The highest BCUT2D eigenvalue weighted by Crippen LogP contribution is 2.06. The molecule has 0 aliphatic rings. The van der Waals surface area contributed by atoms with Gasteiger partial charge in [-0.15, -0.1) is 0 Å². The van der Waals surface area contributed by atoms with Gasteiger partial charge in [0.2, 0.25) is 0 Å². The van der Waals surface area contributed by atoms with Gasteiger partial charge in [0.15, 0.2) is 0 Å². The predicted octanol–water partition coefficient (Wildman–Crippen LogP) is 3.21. The molecule has 1 aromatic carbocycles. The Bertz CT molecular complexity index is 354. The third-order valence-corrected chi connectivity index (χ3v) is 2.51. The first kappa shape index (κ1) is 13.8. The molecule has 0 fully saturated rings. The minimum absolute atomic E-state index is 0.242. The van der Waals surface area contributed by atoms with E-state index in [-0.39, 0.29) is 12.7 Å². The normalized spacial score (nSPS) is 9.71. The average molecular weight is 298 g/mol. The molecule has 0 saturated carbocycles. The van der Waals surface area contributed by atoms with Crippen LogP contribution in [-0.4, -0.2) is 29.5 Å². The molecular weight excluding hydrogens is 282 g/mol. The molecule has 4 heteroatoms. The Morgan fingerprint density at radius 1 is 1.41 bits per heavy atom. The van der Waals surface area contributed by atoms with Gasteiger partial charge in [0.25, 0.3) is 0 Å². The van der Waals surface area contributed by atoms with E-state index in [1.165, 1.54) is 0 Å². The molecule has 0 N–H and O–H groups in total. The highest BCUT2D eigenvalue weighted by Gasteiger charge is 2.13. The molecule has 0 unspecified atom stereocenters. The largest absolute Gasteiger partial charge is 0.445 e. The van der Waals surface area contributed by atoms with Crippen LogP contribution in [0.2, 0.25) is 0 Å². The fraction of sp³-hybridized carbons (Fsp3) is 0.308. The van der Waals surface area contributed by atoms with Crippen LogP contribution >= 0.6 is 15.9 Å². The quantitative estimate of drug-likeness (QED) is 0.596. The van der Waals surface area contributed by atoms with Crippen LogP contribution in [0, 0.1) is 0 Å². The number of hydrogen-bond donors (Lipinski definition) is 0. The van der Waals surface area contributed by atoms with Crippen molar-refractivity contribution in [3.8, 4) is 0 Å². The number of alkyl halides is 1. The third-order valence-electron chi connectivity index (χ3n) is 2.15. The Labute approximate surface area is 110 Å². The van der Waals surface area contributed by atoms with Gasteiger partial charge in [-0.1, -0.05) is 58.9 Å². The Morgan fingerprint density at radius 2 is 2.12 bits per heavy atom. The number of amides is 1. The SMILES string of the molecule is C=CCOC(=O)N(CCBr)Cc1ccccc1. The molecule has 0 spiro atoms. The number of ether oxygens (including phenoxy) is 1. The average Bonchev–Trinajstić information content (AvgIpc) is 2.36. The summed E-state index contributed by atoms with van der Waals surface area (Å²) in [6, 6.07) is 9.84. The third kappa shape index (κ3) is 5.04. The molecule has 0 aliphatic heterocycles. The van der Waals surface area contributed by atoms with Crippen LogP contribution in [0.15, 0.2) is 43.0 Å². The van der Waals surface area contributed by atoms with Crippen molar-refractivity contribution < 1.29 is 9.53 Å². The van der Waals surface area contributed by atoms with Crippen LogP contribution in [0.25, 0.3) is 0 Å². The second kappa shape index (κ2) is 7.90. The number of benzene rings is 1. The fourth-order valence-corrected chi connectivity index (χ4v) is 1.79. The van der Waals surface area contributed by atoms with Gasteiger partial charge in [-0.2, -0.15) is 0 Å². The summed E-state index contributed by atoms with van der Waals surface area (Å²) in [7, 11) is 0. The molecule has 0 aliphatic carbocycles. The summed E-state index contributed by atoms with van der Waals surface area (Å²) in [6.45, 7) is 4.93. The van der Waals surface area contributed by atoms with Crippen molar-refractivity contribution in [1.29, 1.82) is 0 Å². The van der Waals surface area contributed by atoms with Gasteiger partial charge in [0, 0.05) is 18.4 Å². The molecular formula is C13H16BrNO2. The van der Waals surface area contributed by atoms with Crippen molar-refractivity contribution in [2.75, 3.05) is 18.5 Å². The zero-order valence-electron chi connectivity index (χ0n) is 9.64. The van der Waals surface area contributed by atoms with Gasteiger partial charge in [0.05, 0.1) is 0 Å². The van der Waals surface area contributed by atoms with Crippen molar-refractivity contribution in [3.63, 3.8) is 0 Å². The highest BCUT2D eigenvalue weighted by atomic mass is 79.9. The van der Waals surface area contributed by atoms with Crippen LogP contribution in [0.5, 0.6) is 0 Å². The molecule has 92 valence electrons. The first-order valence-corrected chi connectivity index (χ1v) is 6.52. The lowest BCUT2D eigenvalue weighted by atomic mass is 10.2. The maximum atomic E-state index is 11.7. The van der Waals surface area contributed by atoms with E-state index >= 15 is 0 Å². The number of carbonyl (C=O) groups is 1. The van der Waals surface area contributed by atoms with Crippen LogP contribution in [0.4, 0.5) is 4.79 Å². The monoisotopic (exact) mass is 297 g/mol. The molecule has 0 aromatic heterocycles. The molecule has 3 nitrogen and oxygen atoms in total. The topological polar surface area (TPSA) is 29.5 Å². The van der Waals surface area contributed by atoms with E-state index < -0.39 is 0 Å². The Hall–Kier alpha value is -1.29. The molecule has 0 radical (unpaired) electrons. The molecule has 17 heavy (non-hydrogen) atoms. The van der Waals surface area contributed by atoms with E-state index in [1.807, 2.05) is 30.3 Å². The van der Waals surface area contributed by atoms with Gasteiger partial charge in [-0.3, -0.25) is 0 Å². The lowest BCUT2D eigenvalue weighted by molar-refractivity contribution is 0.112. The Kier molecular flexibility index (Phi) is 6.40. The van der Waals surface area contributed by atoms with Crippen LogP contribution in [-0.2, 0) is 11.3 Å². The molecule has 1 aromatic rings. The van der Waals surface area contributed by atoms with Crippen LogP contribution < -0.4 is 0 Å². The first-order chi connectivity index (χ1) is 8.27. The number of rotatable bonds is 6. The van der Waals surface area contributed by atoms with Crippen LogP contribution in [0.1, 0.15) is 5.56 Å². The summed E-state index contributed by atoms with van der Waals surface area (Å²) in [5, 5.41) is 0.725. The lowest BCUT2D eigenvalue weighted by Crippen LogP contribution is -2.32. The second-order valence-electron chi connectivity index (χ2n) is 3.46. The van der Waals surface area contributed by atoms with Crippen molar-refractivity contribution in [2.45, 2.75) is 6.54 Å². The summed E-state index contributed by atoms with van der Waals surface area (Å²) in [6.07, 6.45) is 1.25. The van der Waals surface area contributed by atoms with Crippen LogP contribution in [0.3, 0.4) is 0 Å². The van der Waals surface area contributed by atoms with E-state index in [9.17, 15) is 4.79 Å². The smallest absolute Gasteiger partial charge is 0.410 e. The summed E-state index contributed by atoms with van der Waals surface area (Å²) >= 11 is 3.33. The number of halogens is 1. The predicted molar refractivity (Wildman–Crippen MR) is 72.2 cm³/mol. The number of carbonyl (C=O) groups excluding carboxylic acids is 1. The van der Waals surface area contributed by atoms with E-state index in [2.05, 4.69) is 22.5 Å². The zero-order valence-corrected chi connectivity index (χ0v) is 11.2. The van der Waals surface area contributed by atoms with Gasteiger partial charge in [0.1, 0.15) is 6.61 Å². The number of nitrogens with zero attached hydrogens (tertiary/aromatic N) is 1. The zero-order chi connectivity index (χ0) is 12.5. The fourth-order valence-electron chi connectivity index (χ4n) is 1.36. The molecule has 0 heterocycles. The standard InChI is InChI=1S/C13H16BrNO2/c1-2-10-17-13(16)15(9-8-14)11-12-6-4-3-5-7-12/h2-7H,1,8-11H2. The number of hydrogen-bond acceptors (Lipinski definition) is 2. The minimum Gasteiger partial charge on any atom is -0.445 e. The molecule has 1 rings (SSSR count). The maximum Gasteiger partial charge on any atom is 0.410 e. The molecule has 0 saturated heterocycles. The van der Waals surface area contributed by atoms with Crippen molar-refractivity contribution in [2.24, 2.45) is 0 Å². The minimum atomic E-state index is -0.312. The van der Waals surface area contributed by atoms with Crippen molar-refractivity contribution in [3.05, 3.63) is 48.6 Å². The molecule has 1 amide bonds. The van der Waals surface area contributed by atoms with E-state index in [0.29, 0.717) is 13.1 Å². The van der Waals surface area contributed by atoms with E-state index in [1.54, 1.807) is 11.0 Å². The summed E-state index contributed by atoms with van der Waals surface area (Å²) in [5.74, 6) is 0. The molecule has 0 bridgehead atoms.